The molecule has 0 saturated carbocycles. The summed E-state index contributed by atoms with van der Waals surface area (Å²) < 4.78 is 0. The predicted octanol–water partition coefficient (Wildman–Crippen LogP) is 10.1. The lowest BCUT2D eigenvalue weighted by Gasteiger charge is -2.26. The van der Waals surface area contributed by atoms with Crippen molar-refractivity contribution < 1.29 is 20.1 Å². The van der Waals surface area contributed by atoms with Gasteiger partial charge in [0.25, 0.3) is 0 Å². The molecule has 0 heterocycles. The standard InChI is InChI=1S/C38H75NO4/c1-3-5-7-9-11-13-15-17-18-19-20-21-23-25-27-29-31-33-37(42)39-35(34-40)38(43)36(41)32-30-28-26-24-22-16-14-12-10-8-6-4-2/h17-18,35-36,38,40-41,43H,3-16,19-34H2,1-2H3,(H,39,42)/b18-17-. The van der Waals surface area contributed by atoms with Gasteiger partial charge in [0.2, 0.25) is 5.91 Å². The summed E-state index contributed by atoms with van der Waals surface area (Å²) in [4.78, 5) is 12.4. The number of aliphatic hydroxyl groups excluding tert-OH is 3. The molecule has 0 fully saturated rings. The summed E-state index contributed by atoms with van der Waals surface area (Å²) in [5.74, 6) is -0.150. The monoisotopic (exact) mass is 610 g/mol. The highest BCUT2D eigenvalue weighted by molar-refractivity contribution is 5.76. The van der Waals surface area contributed by atoms with Crippen molar-refractivity contribution in [2.75, 3.05) is 6.61 Å². The fourth-order valence-corrected chi connectivity index (χ4v) is 5.86. The van der Waals surface area contributed by atoms with Crippen LogP contribution in [0.1, 0.15) is 200 Å². The van der Waals surface area contributed by atoms with E-state index >= 15 is 0 Å². The van der Waals surface area contributed by atoms with Crippen LogP contribution >= 0.6 is 0 Å². The van der Waals surface area contributed by atoms with E-state index in [0.717, 1.165) is 38.5 Å². The average molecular weight is 610 g/mol. The van der Waals surface area contributed by atoms with E-state index in [9.17, 15) is 20.1 Å². The van der Waals surface area contributed by atoms with Crippen molar-refractivity contribution in [1.29, 1.82) is 0 Å². The first-order valence-corrected chi connectivity index (χ1v) is 19.0. The Hall–Kier alpha value is -0.910. The van der Waals surface area contributed by atoms with Crippen molar-refractivity contribution in [3.8, 4) is 0 Å². The molecule has 0 aliphatic rings. The maximum absolute atomic E-state index is 12.4. The number of carbonyl (C=O) groups excluding carboxylic acids is 1. The highest BCUT2D eigenvalue weighted by Gasteiger charge is 2.26. The average Bonchev–Trinajstić information content (AvgIpc) is 3.01. The molecule has 0 rings (SSSR count). The first-order chi connectivity index (χ1) is 21.1. The maximum Gasteiger partial charge on any atom is 0.220 e. The van der Waals surface area contributed by atoms with Gasteiger partial charge in [-0.3, -0.25) is 4.79 Å². The summed E-state index contributed by atoms with van der Waals surface area (Å²) >= 11 is 0. The number of hydrogen-bond acceptors (Lipinski definition) is 4. The molecule has 0 saturated heterocycles. The Balaban J connectivity index is 3.67. The fourth-order valence-electron chi connectivity index (χ4n) is 5.86. The van der Waals surface area contributed by atoms with Crippen molar-refractivity contribution in [3.63, 3.8) is 0 Å². The van der Waals surface area contributed by atoms with Gasteiger partial charge >= 0.3 is 0 Å². The van der Waals surface area contributed by atoms with E-state index in [0.29, 0.717) is 12.8 Å². The third-order valence-corrected chi connectivity index (χ3v) is 8.87. The van der Waals surface area contributed by atoms with Gasteiger partial charge in [-0.05, 0) is 38.5 Å². The molecule has 3 atom stereocenters. The molecule has 0 aromatic carbocycles. The number of carbonyl (C=O) groups is 1. The molecule has 5 heteroatoms. The number of hydrogen-bond donors (Lipinski definition) is 4. The number of allylic oxidation sites excluding steroid dienone is 2. The fraction of sp³-hybridized carbons (Fsp3) is 0.921. The van der Waals surface area contributed by atoms with Crippen LogP contribution in [0, 0.1) is 0 Å². The van der Waals surface area contributed by atoms with Crippen LogP contribution in [0.3, 0.4) is 0 Å². The number of amides is 1. The second-order valence-electron chi connectivity index (χ2n) is 13.1. The van der Waals surface area contributed by atoms with Crippen LogP contribution in [-0.4, -0.2) is 46.1 Å². The minimum atomic E-state index is -1.13. The van der Waals surface area contributed by atoms with Crippen LogP contribution < -0.4 is 5.32 Å². The van der Waals surface area contributed by atoms with E-state index in [1.54, 1.807) is 0 Å². The Morgan fingerprint density at radius 2 is 0.930 bits per heavy atom. The lowest BCUT2D eigenvalue weighted by molar-refractivity contribution is -0.124. The van der Waals surface area contributed by atoms with Gasteiger partial charge in [-0.15, -0.1) is 0 Å². The SMILES string of the molecule is CCCCCCCC/C=C\CCCCCCCCCC(=O)NC(CO)C(O)C(O)CCCCCCCCCCCCCC. The molecule has 5 nitrogen and oxygen atoms in total. The normalized spacial score (nSPS) is 13.9. The van der Waals surface area contributed by atoms with Crippen molar-refractivity contribution >= 4 is 5.91 Å². The van der Waals surface area contributed by atoms with Crippen LogP contribution in [0.5, 0.6) is 0 Å². The van der Waals surface area contributed by atoms with Gasteiger partial charge in [0.05, 0.1) is 18.8 Å². The highest BCUT2D eigenvalue weighted by Crippen LogP contribution is 2.15. The van der Waals surface area contributed by atoms with E-state index in [2.05, 4.69) is 31.3 Å². The summed E-state index contributed by atoms with van der Waals surface area (Å²) in [6.07, 6.45) is 37.3. The molecule has 0 bridgehead atoms. The Morgan fingerprint density at radius 3 is 1.35 bits per heavy atom. The van der Waals surface area contributed by atoms with Gasteiger partial charge in [-0.1, -0.05) is 167 Å². The van der Waals surface area contributed by atoms with Crippen LogP contribution in [0.2, 0.25) is 0 Å². The summed E-state index contributed by atoms with van der Waals surface area (Å²) in [5, 5.41) is 33.3. The molecule has 0 aromatic rings. The Morgan fingerprint density at radius 1 is 0.558 bits per heavy atom. The van der Waals surface area contributed by atoms with Gasteiger partial charge in [-0.25, -0.2) is 0 Å². The minimum Gasteiger partial charge on any atom is -0.394 e. The lowest BCUT2D eigenvalue weighted by atomic mass is 9.99. The minimum absolute atomic E-state index is 0.150. The van der Waals surface area contributed by atoms with Crippen molar-refractivity contribution in [3.05, 3.63) is 12.2 Å². The molecule has 256 valence electrons. The quantitative estimate of drug-likeness (QED) is 0.0432. The predicted molar refractivity (Wildman–Crippen MR) is 185 cm³/mol. The molecule has 3 unspecified atom stereocenters. The van der Waals surface area contributed by atoms with Gasteiger partial charge in [0, 0.05) is 6.42 Å². The second-order valence-corrected chi connectivity index (χ2v) is 13.1. The number of rotatable bonds is 34. The first-order valence-electron chi connectivity index (χ1n) is 19.0. The van der Waals surface area contributed by atoms with Crippen LogP contribution in [0.4, 0.5) is 0 Å². The first kappa shape index (κ1) is 42.1. The van der Waals surface area contributed by atoms with E-state index in [1.165, 1.54) is 135 Å². The molecule has 0 aliphatic carbocycles. The lowest BCUT2D eigenvalue weighted by Crippen LogP contribution is -2.50. The van der Waals surface area contributed by atoms with Crippen LogP contribution in [0.25, 0.3) is 0 Å². The zero-order valence-electron chi connectivity index (χ0n) is 28.8. The Bertz CT molecular complexity index is 596. The molecule has 4 N–H and O–H groups in total. The molecule has 0 spiro atoms. The topological polar surface area (TPSA) is 89.8 Å². The van der Waals surface area contributed by atoms with E-state index in [4.69, 9.17) is 0 Å². The van der Waals surface area contributed by atoms with E-state index in [1.807, 2.05) is 0 Å². The highest BCUT2D eigenvalue weighted by atomic mass is 16.3. The van der Waals surface area contributed by atoms with E-state index in [-0.39, 0.29) is 12.5 Å². The van der Waals surface area contributed by atoms with Gasteiger partial charge in [0.1, 0.15) is 6.10 Å². The second kappa shape index (κ2) is 34.0. The molecule has 1 amide bonds. The summed E-state index contributed by atoms with van der Waals surface area (Å²) in [6, 6.07) is -0.806. The number of aliphatic hydroxyl groups is 3. The Labute approximate surface area is 268 Å². The molecule has 43 heavy (non-hydrogen) atoms. The third kappa shape index (κ3) is 29.6. The molecular formula is C38H75NO4. The van der Waals surface area contributed by atoms with Gasteiger partial charge < -0.3 is 20.6 Å². The molecule has 0 aromatic heterocycles. The number of unbranched alkanes of at least 4 members (excludes halogenated alkanes) is 24. The number of nitrogens with one attached hydrogen (secondary N) is 1. The van der Waals surface area contributed by atoms with Crippen LogP contribution in [0.15, 0.2) is 12.2 Å². The van der Waals surface area contributed by atoms with Crippen molar-refractivity contribution in [2.24, 2.45) is 0 Å². The largest absolute Gasteiger partial charge is 0.394 e. The summed E-state index contributed by atoms with van der Waals surface area (Å²) in [5.41, 5.74) is 0. The third-order valence-electron chi connectivity index (χ3n) is 8.87. The summed E-state index contributed by atoms with van der Waals surface area (Å²) in [6.45, 7) is 4.16. The van der Waals surface area contributed by atoms with Crippen LogP contribution in [-0.2, 0) is 4.79 Å². The molecular weight excluding hydrogens is 534 g/mol. The van der Waals surface area contributed by atoms with Crippen molar-refractivity contribution in [1.82, 2.24) is 5.32 Å². The zero-order valence-corrected chi connectivity index (χ0v) is 28.8. The molecule has 0 radical (unpaired) electrons. The summed E-state index contributed by atoms with van der Waals surface area (Å²) in [7, 11) is 0. The van der Waals surface area contributed by atoms with E-state index < -0.39 is 18.2 Å². The zero-order chi connectivity index (χ0) is 31.6. The molecule has 0 aliphatic heterocycles. The maximum atomic E-state index is 12.4. The van der Waals surface area contributed by atoms with Crippen molar-refractivity contribution in [2.45, 2.75) is 218 Å². The van der Waals surface area contributed by atoms with Gasteiger partial charge in [-0.2, -0.15) is 0 Å². The smallest absolute Gasteiger partial charge is 0.220 e. The van der Waals surface area contributed by atoms with Gasteiger partial charge in [0.15, 0.2) is 0 Å². The Kier molecular flexibility index (Phi) is 33.3.